The van der Waals surface area contributed by atoms with Gasteiger partial charge in [-0.05, 0) is 54.3 Å². The highest BCUT2D eigenvalue weighted by Crippen LogP contribution is 2.22. The van der Waals surface area contributed by atoms with Crippen molar-refractivity contribution < 1.29 is 18.7 Å². The molecular formula is C30H32ClFN2O3. The predicted molar refractivity (Wildman–Crippen MR) is 143 cm³/mol. The second-order valence-electron chi connectivity index (χ2n) is 9.40. The summed E-state index contributed by atoms with van der Waals surface area (Å²) in [6.07, 6.45) is 5.58. The third-order valence-electron chi connectivity index (χ3n) is 6.70. The second-order valence-corrected chi connectivity index (χ2v) is 9.81. The molecule has 3 aromatic rings. The molecule has 0 bridgehead atoms. The van der Waals surface area contributed by atoms with Crippen LogP contribution in [0.4, 0.5) is 4.39 Å². The summed E-state index contributed by atoms with van der Waals surface area (Å²) in [6.45, 7) is -0.140. The zero-order valence-electron chi connectivity index (χ0n) is 20.7. The maximum atomic E-state index is 13.7. The molecule has 1 saturated carbocycles. The Hall–Kier alpha value is -3.38. The lowest BCUT2D eigenvalue weighted by atomic mass is 9.94. The Labute approximate surface area is 222 Å². The monoisotopic (exact) mass is 522 g/mol. The van der Waals surface area contributed by atoms with E-state index in [1.165, 1.54) is 30.7 Å². The summed E-state index contributed by atoms with van der Waals surface area (Å²) in [7, 11) is 0. The van der Waals surface area contributed by atoms with Crippen molar-refractivity contribution in [1.82, 2.24) is 10.2 Å². The molecular weight excluding hydrogens is 491 g/mol. The van der Waals surface area contributed by atoms with E-state index in [2.05, 4.69) is 5.32 Å². The summed E-state index contributed by atoms with van der Waals surface area (Å²) in [5.74, 6) is -0.554. The summed E-state index contributed by atoms with van der Waals surface area (Å²) >= 11 is 6.46. The number of rotatable bonds is 10. The molecule has 0 spiro atoms. The molecule has 194 valence electrons. The minimum atomic E-state index is -0.759. The first-order valence-corrected chi connectivity index (χ1v) is 13.1. The highest BCUT2D eigenvalue weighted by atomic mass is 35.5. The standard InChI is InChI=1S/C30H32ClFN2O3/c31-27-14-8-7-11-23(27)20-34(29(35)21-37-26-17-15-24(32)16-18-26)28(19-22-9-3-1-4-10-22)30(36)33-25-12-5-2-6-13-25/h1,3-4,7-11,14-18,25,28H,2,5-6,12-13,19-21H2,(H,33,36). The van der Waals surface area contributed by atoms with Crippen LogP contribution in [-0.2, 0) is 22.6 Å². The molecule has 5 nitrogen and oxygen atoms in total. The van der Waals surface area contributed by atoms with Crippen LogP contribution in [0.2, 0.25) is 5.02 Å². The summed E-state index contributed by atoms with van der Waals surface area (Å²) in [6, 6.07) is 21.8. The van der Waals surface area contributed by atoms with Gasteiger partial charge in [-0.1, -0.05) is 79.4 Å². The van der Waals surface area contributed by atoms with E-state index in [1.807, 2.05) is 48.5 Å². The van der Waals surface area contributed by atoms with Crippen LogP contribution < -0.4 is 10.1 Å². The molecule has 1 aliphatic rings. The molecule has 1 aliphatic carbocycles. The van der Waals surface area contributed by atoms with Crippen molar-refractivity contribution in [2.24, 2.45) is 0 Å². The average molecular weight is 523 g/mol. The molecule has 0 heterocycles. The zero-order valence-corrected chi connectivity index (χ0v) is 21.5. The van der Waals surface area contributed by atoms with Gasteiger partial charge in [-0.3, -0.25) is 9.59 Å². The number of nitrogens with zero attached hydrogens (tertiary/aromatic N) is 1. The maximum Gasteiger partial charge on any atom is 0.261 e. The normalized spacial score (nSPS) is 14.5. The molecule has 1 N–H and O–H groups in total. The Balaban J connectivity index is 1.61. The van der Waals surface area contributed by atoms with E-state index in [4.69, 9.17) is 16.3 Å². The van der Waals surface area contributed by atoms with Gasteiger partial charge in [-0.25, -0.2) is 4.39 Å². The van der Waals surface area contributed by atoms with Gasteiger partial charge < -0.3 is 15.0 Å². The van der Waals surface area contributed by atoms with Gasteiger partial charge in [0.25, 0.3) is 5.91 Å². The lowest BCUT2D eigenvalue weighted by Gasteiger charge is -2.33. The molecule has 2 amide bonds. The van der Waals surface area contributed by atoms with Gasteiger partial charge in [0.05, 0.1) is 0 Å². The van der Waals surface area contributed by atoms with Gasteiger partial charge in [0, 0.05) is 24.0 Å². The molecule has 0 saturated heterocycles. The van der Waals surface area contributed by atoms with Crippen molar-refractivity contribution in [3.05, 3.63) is 101 Å². The van der Waals surface area contributed by atoms with Crippen LogP contribution in [0.1, 0.15) is 43.2 Å². The topological polar surface area (TPSA) is 58.6 Å². The van der Waals surface area contributed by atoms with Crippen molar-refractivity contribution in [1.29, 1.82) is 0 Å². The smallest absolute Gasteiger partial charge is 0.261 e. The number of ether oxygens (including phenoxy) is 1. The molecule has 0 aromatic heterocycles. The van der Waals surface area contributed by atoms with Crippen LogP contribution in [0.25, 0.3) is 0 Å². The minimum Gasteiger partial charge on any atom is -0.484 e. The fourth-order valence-corrected chi connectivity index (χ4v) is 4.86. The molecule has 1 fully saturated rings. The molecule has 0 aliphatic heterocycles. The van der Waals surface area contributed by atoms with E-state index in [0.29, 0.717) is 17.2 Å². The van der Waals surface area contributed by atoms with Crippen LogP contribution in [0.3, 0.4) is 0 Å². The van der Waals surface area contributed by atoms with E-state index in [1.54, 1.807) is 11.0 Å². The van der Waals surface area contributed by atoms with E-state index >= 15 is 0 Å². The van der Waals surface area contributed by atoms with Crippen molar-refractivity contribution >= 4 is 23.4 Å². The van der Waals surface area contributed by atoms with E-state index in [-0.39, 0.29) is 36.8 Å². The third kappa shape index (κ3) is 7.80. The van der Waals surface area contributed by atoms with Gasteiger partial charge in [-0.2, -0.15) is 0 Å². The van der Waals surface area contributed by atoms with Gasteiger partial charge in [0.15, 0.2) is 6.61 Å². The Morgan fingerprint density at radius 2 is 1.62 bits per heavy atom. The number of hydrogen-bond acceptors (Lipinski definition) is 3. The number of carbonyl (C=O) groups is 2. The number of benzene rings is 3. The molecule has 7 heteroatoms. The summed E-state index contributed by atoms with van der Waals surface area (Å²) < 4.78 is 19.0. The van der Waals surface area contributed by atoms with Crippen LogP contribution in [0.5, 0.6) is 5.75 Å². The summed E-state index contributed by atoms with van der Waals surface area (Å²) in [5, 5.41) is 3.73. The number of nitrogens with one attached hydrogen (secondary N) is 1. The Morgan fingerprint density at radius 3 is 2.32 bits per heavy atom. The number of halogens is 2. The van der Waals surface area contributed by atoms with Crippen LogP contribution in [0, 0.1) is 5.82 Å². The van der Waals surface area contributed by atoms with Gasteiger partial charge >= 0.3 is 0 Å². The van der Waals surface area contributed by atoms with E-state index in [0.717, 1.165) is 36.8 Å². The Kier molecular flexibility index (Phi) is 9.55. The molecule has 37 heavy (non-hydrogen) atoms. The molecule has 3 aromatic carbocycles. The SMILES string of the molecule is O=C(NC1CCCCC1)C(Cc1ccccc1)N(Cc1ccccc1Cl)C(=O)COc1ccc(F)cc1. The summed E-state index contributed by atoms with van der Waals surface area (Å²) in [4.78, 5) is 28.9. The lowest BCUT2D eigenvalue weighted by Crippen LogP contribution is -2.53. The van der Waals surface area contributed by atoms with Crippen LogP contribution in [0.15, 0.2) is 78.9 Å². The first-order valence-electron chi connectivity index (χ1n) is 12.7. The largest absolute Gasteiger partial charge is 0.484 e. The molecule has 0 radical (unpaired) electrons. The van der Waals surface area contributed by atoms with Gasteiger partial charge in [0.1, 0.15) is 17.6 Å². The van der Waals surface area contributed by atoms with Crippen LogP contribution in [-0.4, -0.2) is 35.4 Å². The van der Waals surface area contributed by atoms with Gasteiger partial charge in [0.2, 0.25) is 5.91 Å². The number of hydrogen-bond donors (Lipinski definition) is 1. The fourth-order valence-electron chi connectivity index (χ4n) is 4.67. The van der Waals surface area contributed by atoms with Crippen molar-refractivity contribution in [3.63, 3.8) is 0 Å². The second kappa shape index (κ2) is 13.2. The highest BCUT2D eigenvalue weighted by Gasteiger charge is 2.32. The summed E-state index contributed by atoms with van der Waals surface area (Å²) in [5.41, 5.74) is 1.69. The molecule has 1 atom stereocenters. The van der Waals surface area contributed by atoms with Crippen molar-refractivity contribution in [2.45, 2.75) is 57.2 Å². The van der Waals surface area contributed by atoms with Crippen molar-refractivity contribution in [2.75, 3.05) is 6.61 Å². The zero-order chi connectivity index (χ0) is 26.0. The predicted octanol–water partition coefficient (Wildman–Crippen LogP) is 5.95. The van der Waals surface area contributed by atoms with Gasteiger partial charge in [-0.15, -0.1) is 0 Å². The Bertz CT molecular complexity index is 1170. The third-order valence-corrected chi connectivity index (χ3v) is 7.07. The Morgan fingerprint density at radius 1 is 0.946 bits per heavy atom. The molecule has 4 rings (SSSR count). The fraction of sp³-hybridized carbons (Fsp3) is 0.333. The highest BCUT2D eigenvalue weighted by molar-refractivity contribution is 6.31. The lowest BCUT2D eigenvalue weighted by molar-refractivity contribution is -0.143. The van der Waals surface area contributed by atoms with E-state index < -0.39 is 6.04 Å². The minimum absolute atomic E-state index is 0.104. The maximum absolute atomic E-state index is 13.7. The first kappa shape index (κ1) is 26.7. The molecule has 1 unspecified atom stereocenters. The number of amides is 2. The first-order chi connectivity index (χ1) is 18.0. The van der Waals surface area contributed by atoms with Crippen LogP contribution >= 0.6 is 11.6 Å². The van der Waals surface area contributed by atoms with E-state index in [9.17, 15) is 14.0 Å². The quantitative estimate of drug-likeness (QED) is 0.358. The number of carbonyl (C=O) groups excluding carboxylic acids is 2. The van der Waals surface area contributed by atoms with Crippen molar-refractivity contribution in [3.8, 4) is 5.75 Å². The average Bonchev–Trinajstić information content (AvgIpc) is 2.92.